The van der Waals surface area contributed by atoms with E-state index in [2.05, 4.69) is 10.1 Å². The van der Waals surface area contributed by atoms with Crippen LogP contribution in [0.3, 0.4) is 0 Å². The number of hydrogen-bond donors (Lipinski definition) is 1. The van der Waals surface area contributed by atoms with Crippen LogP contribution < -0.4 is 5.32 Å². The second kappa shape index (κ2) is 5.93. The lowest BCUT2D eigenvalue weighted by atomic mass is 10.7. The Kier molecular flexibility index (Phi) is 5.65. The minimum absolute atomic E-state index is 0.0394. The Bertz CT molecular complexity index is 247. The molecular weight excluding hydrogens is 194 g/mol. The summed E-state index contributed by atoms with van der Waals surface area (Å²) in [4.78, 5) is 10.8. The molecule has 0 rings (SSSR count). The maximum Gasteiger partial charge on any atom is 0.321 e. The van der Waals surface area contributed by atoms with Crippen LogP contribution in [0.2, 0.25) is 0 Å². The van der Waals surface area contributed by atoms with Gasteiger partial charge >= 0.3 is 5.97 Å². The van der Waals surface area contributed by atoms with Crippen molar-refractivity contribution in [1.29, 1.82) is 0 Å². The number of carbonyl (C=O) groups is 1. The SMILES string of the molecule is CCOC(=O)CS(=O)(=O)CCNC. The summed E-state index contributed by atoms with van der Waals surface area (Å²) in [5.41, 5.74) is 0. The lowest BCUT2D eigenvalue weighted by Crippen LogP contribution is -2.26. The van der Waals surface area contributed by atoms with Crippen molar-refractivity contribution in [3.8, 4) is 0 Å². The molecule has 1 N–H and O–H groups in total. The van der Waals surface area contributed by atoms with Crippen LogP contribution in [-0.2, 0) is 19.4 Å². The molecule has 0 atom stereocenters. The average molecular weight is 209 g/mol. The van der Waals surface area contributed by atoms with Gasteiger partial charge < -0.3 is 10.1 Å². The number of ether oxygens (including phenoxy) is 1. The van der Waals surface area contributed by atoms with Crippen molar-refractivity contribution in [2.24, 2.45) is 0 Å². The van der Waals surface area contributed by atoms with Gasteiger partial charge in [0.2, 0.25) is 0 Å². The zero-order valence-corrected chi connectivity index (χ0v) is 8.69. The lowest BCUT2D eigenvalue weighted by Gasteiger charge is -2.03. The third-order valence-electron chi connectivity index (χ3n) is 1.31. The van der Waals surface area contributed by atoms with Gasteiger partial charge in [-0.05, 0) is 14.0 Å². The Hall–Kier alpha value is -0.620. The molecule has 13 heavy (non-hydrogen) atoms. The molecule has 0 aromatic carbocycles. The smallest absolute Gasteiger partial charge is 0.321 e. The Balaban J connectivity index is 3.95. The van der Waals surface area contributed by atoms with E-state index >= 15 is 0 Å². The van der Waals surface area contributed by atoms with Gasteiger partial charge in [-0.2, -0.15) is 0 Å². The van der Waals surface area contributed by atoms with E-state index in [4.69, 9.17) is 0 Å². The van der Waals surface area contributed by atoms with Gasteiger partial charge in [-0.3, -0.25) is 4.79 Å². The highest BCUT2D eigenvalue weighted by atomic mass is 32.2. The second-order valence-corrected chi connectivity index (χ2v) is 4.68. The lowest BCUT2D eigenvalue weighted by molar-refractivity contribution is -0.139. The van der Waals surface area contributed by atoms with Crippen LogP contribution in [0.4, 0.5) is 0 Å². The van der Waals surface area contributed by atoms with Gasteiger partial charge in [0.05, 0.1) is 12.4 Å². The van der Waals surface area contributed by atoms with Crippen molar-refractivity contribution >= 4 is 15.8 Å². The third kappa shape index (κ3) is 6.53. The molecule has 0 aromatic heterocycles. The molecule has 0 spiro atoms. The van der Waals surface area contributed by atoms with Crippen molar-refractivity contribution in [2.75, 3.05) is 31.7 Å². The van der Waals surface area contributed by atoms with Crippen molar-refractivity contribution in [3.63, 3.8) is 0 Å². The summed E-state index contributed by atoms with van der Waals surface area (Å²) >= 11 is 0. The van der Waals surface area contributed by atoms with E-state index in [9.17, 15) is 13.2 Å². The number of hydrogen-bond acceptors (Lipinski definition) is 5. The number of sulfone groups is 1. The number of carbonyl (C=O) groups excluding carboxylic acids is 1. The summed E-state index contributed by atoms with van der Waals surface area (Å²) in [6.45, 7) is 2.19. The first kappa shape index (κ1) is 12.4. The minimum Gasteiger partial charge on any atom is -0.465 e. The van der Waals surface area contributed by atoms with E-state index in [1.54, 1.807) is 14.0 Å². The summed E-state index contributed by atoms with van der Waals surface area (Å²) in [6.07, 6.45) is 0. The van der Waals surface area contributed by atoms with Crippen LogP contribution in [0, 0.1) is 0 Å². The maximum absolute atomic E-state index is 11.1. The maximum atomic E-state index is 11.1. The summed E-state index contributed by atoms with van der Waals surface area (Å²) in [7, 11) is -1.65. The molecule has 0 aliphatic rings. The summed E-state index contributed by atoms with van der Waals surface area (Å²) < 4.78 is 26.8. The van der Waals surface area contributed by atoms with E-state index in [1.807, 2.05) is 0 Å². The van der Waals surface area contributed by atoms with E-state index in [0.717, 1.165) is 0 Å². The summed E-state index contributed by atoms with van der Waals surface area (Å²) in [5.74, 6) is -1.25. The molecule has 0 aliphatic carbocycles. The summed E-state index contributed by atoms with van der Waals surface area (Å²) in [6, 6.07) is 0. The van der Waals surface area contributed by atoms with Gasteiger partial charge in [0.1, 0.15) is 5.75 Å². The number of esters is 1. The molecule has 78 valence electrons. The first-order valence-electron chi connectivity index (χ1n) is 4.02. The molecule has 0 radical (unpaired) electrons. The molecule has 0 saturated heterocycles. The molecule has 5 nitrogen and oxygen atoms in total. The van der Waals surface area contributed by atoms with Gasteiger partial charge in [-0.15, -0.1) is 0 Å². The van der Waals surface area contributed by atoms with Crippen LogP contribution in [0.15, 0.2) is 0 Å². The normalized spacial score (nSPS) is 11.2. The molecular formula is C7H15NO4S. The van der Waals surface area contributed by atoms with Gasteiger partial charge in [0.15, 0.2) is 9.84 Å². The van der Waals surface area contributed by atoms with Crippen LogP contribution >= 0.6 is 0 Å². The van der Waals surface area contributed by atoms with Gasteiger partial charge in [0.25, 0.3) is 0 Å². The molecule has 0 aliphatic heterocycles. The predicted molar refractivity (Wildman–Crippen MR) is 49.2 cm³/mol. The fourth-order valence-electron chi connectivity index (χ4n) is 0.712. The zero-order valence-electron chi connectivity index (χ0n) is 7.87. The Morgan fingerprint density at radius 2 is 2.08 bits per heavy atom. The first-order chi connectivity index (χ1) is 6.02. The first-order valence-corrected chi connectivity index (χ1v) is 5.84. The van der Waals surface area contributed by atoms with Gasteiger partial charge in [-0.1, -0.05) is 0 Å². The highest BCUT2D eigenvalue weighted by Crippen LogP contribution is 1.91. The van der Waals surface area contributed by atoms with Crippen molar-refractivity contribution in [1.82, 2.24) is 5.32 Å². The van der Waals surface area contributed by atoms with Crippen LogP contribution in [0.5, 0.6) is 0 Å². The average Bonchev–Trinajstić information content (AvgIpc) is 2.00. The molecule has 0 heterocycles. The second-order valence-electron chi connectivity index (χ2n) is 2.50. The molecule has 0 unspecified atom stereocenters. The van der Waals surface area contributed by atoms with Crippen LogP contribution in [-0.4, -0.2) is 46.1 Å². The topological polar surface area (TPSA) is 72.5 Å². The van der Waals surface area contributed by atoms with Crippen LogP contribution in [0.25, 0.3) is 0 Å². The molecule has 0 bridgehead atoms. The predicted octanol–water partition coefficient (Wildman–Crippen LogP) is -0.816. The molecule has 0 fully saturated rings. The Morgan fingerprint density at radius 3 is 2.54 bits per heavy atom. The third-order valence-corrected chi connectivity index (χ3v) is 2.81. The van der Waals surface area contributed by atoms with Gasteiger partial charge in [0, 0.05) is 6.54 Å². The summed E-state index contributed by atoms with van der Waals surface area (Å²) in [5, 5.41) is 2.70. The fraction of sp³-hybridized carbons (Fsp3) is 0.857. The van der Waals surface area contributed by atoms with Crippen molar-refractivity contribution < 1.29 is 17.9 Å². The minimum atomic E-state index is -3.30. The van der Waals surface area contributed by atoms with E-state index < -0.39 is 21.6 Å². The highest BCUT2D eigenvalue weighted by molar-refractivity contribution is 7.92. The van der Waals surface area contributed by atoms with E-state index in [0.29, 0.717) is 6.54 Å². The molecule has 0 saturated carbocycles. The highest BCUT2D eigenvalue weighted by Gasteiger charge is 2.16. The fourth-order valence-corrected chi connectivity index (χ4v) is 1.81. The molecule has 6 heteroatoms. The van der Waals surface area contributed by atoms with E-state index in [-0.39, 0.29) is 12.4 Å². The quantitative estimate of drug-likeness (QED) is 0.579. The number of nitrogens with one attached hydrogen (secondary N) is 1. The standard InChI is InChI=1S/C7H15NO4S/c1-3-12-7(9)6-13(10,11)5-4-8-2/h8H,3-6H2,1-2H3. The number of rotatable bonds is 6. The zero-order chi connectivity index (χ0) is 10.3. The van der Waals surface area contributed by atoms with E-state index in [1.165, 1.54) is 0 Å². The molecule has 0 aromatic rings. The monoisotopic (exact) mass is 209 g/mol. The van der Waals surface area contributed by atoms with Crippen molar-refractivity contribution in [3.05, 3.63) is 0 Å². The van der Waals surface area contributed by atoms with Crippen molar-refractivity contribution in [2.45, 2.75) is 6.92 Å². The van der Waals surface area contributed by atoms with Crippen LogP contribution in [0.1, 0.15) is 6.92 Å². The molecule has 0 amide bonds. The largest absolute Gasteiger partial charge is 0.465 e. The Morgan fingerprint density at radius 1 is 1.46 bits per heavy atom. The van der Waals surface area contributed by atoms with Gasteiger partial charge in [-0.25, -0.2) is 8.42 Å². The Labute approximate surface area is 78.4 Å².